The average Bonchev–Trinajstić information content (AvgIpc) is 3.74. The van der Waals surface area contributed by atoms with E-state index < -0.39 is 17.2 Å². The molecule has 1 unspecified atom stereocenters. The number of carbonyl (C=O) groups excluding carboxylic acids is 2. The van der Waals surface area contributed by atoms with Gasteiger partial charge in [-0.3, -0.25) is 23.9 Å². The van der Waals surface area contributed by atoms with Crippen LogP contribution in [0.1, 0.15) is 67.6 Å². The van der Waals surface area contributed by atoms with Gasteiger partial charge in [0.25, 0.3) is 11.5 Å². The second-order valence-corrected chi connectivity index (χ2v) is 16.7. The zero-order valence-electron chi connectivity index (χ0n) is 30.9. The normalized spacial score (nSPS) is 17.9. The molecule has 2 aliphatic heterocycles. The third kappa shape index (κ3) is 6.79. The van der Waals surface area contributed by atoms with Crippen LogP contribution in [0.4, 0.5) is 5.69 Å². The number of hydrogen-bond acceptors (Lipinski definition) is 7. The first kappa shape index (κ1) is 36.9. The highest BCUT2D eigenvalue weighted by Gasteiger charge is 2.52. The number of benzene rings is 2. The standard InChI is InChI=1S/C40H44Cl2N6O5/c1-39(2,3)18-31(49)47-16-15-40(20-47)21-48(22-40)30-14-13-23-17-29(44-36(53-6)32(23)30)26-11-7-9-24(33(26)41)25-10-8-12-28(34(25)42)43-35(50)27-19-45(4)38(52)46(5)37(27)51/h7-12,17,19,30H,13-16,18,20-22H2,1-6H3,(H,43,50). The van der Waals surface area contributed by atoms with Crippen molar-refractivity contribution in [2.45, 2.75) is 52.5 Å². The van der Waals surface area contributed by atoms with Crippen molar-refractivity contribution in [1.29, 1.82) is 0 Å². The number of aryl methyl sites for hydroxylation is 2. The Morgan fingerprint density at radius 2 is 1.68 bits per heavy atom. The van der Waals surface area contributed by atoms with E-state index in [9.17, 15) is 19.2 Å². The Balaban J connectivity index is 1.12. The molecular weight excluding hydrogens is 715 g/mol. The third-order valence-corrected chi connectivity index (χ3v) is 11.6. The van der Waals surface area contributed by atoms with E-state index in [1.165, 1.54) is 30.4 Å². The molecule has 53 heavy (non-hydrogen) atoms. The van der Waals surface area contributed by atoms with Crippen molar-refractivity contribution in [3.63, 3.8) is 0 Å². The van der Waals surface area contributed by atoms with E-state index in [1.807, 2.05) is 18.2 Å². The molecule has 4 aromatic rings. The summed E-state index contributed by atoms with van der Waals surface area (Å²) in [6.07, 6.45) is 4.67. The highest BCUT2D eigenvalue weighted by atomic mass is 35.5. The first-order chi connectivity index (χ1) is 25.1. The first-order valence-electron chi connectivity index (χ1n) is 17.9. The lowest BCUT2D eigenvalue weighted by Crippen LogP contribution is -2.58. The number of halogens is 2. The zero-order chi connectivity index (χ0) is 38.0. The highest BCUT2D eigenvalue weighted by Crippen LogP contribution is 2.50. The van der Waals surface area contributed by atoms with E-state index in [0.29, 0.717) is 39.7 Å². The summed E-state index contributed by atoms with van der Waals surface area (Å²) in [6, 6.07) is 13.1. The number of nitrogens with one attached hydrogen (secondary N) is 1. The lowest BCUT2D eigenvalue weighted by Gasteiger charge is -2.51. The Labute approximate surface area is 318 Å². The summed E-state index contributed by atoms with van der Waals surface area (Å²) < 4.78 is 7.98. The van der Waals surface area contributed by atoms with Gasteiger partial charge in [0.2, 0.25) is 11.8 Å². The summed E-state index contributed by atoms with van der Waals surface area (Å²) in [5.74, 6) is 0.147. The number of pyridine rings is 1. The van der Waals surface area contributed by atoms with Crippen molar-refractivity contribution in [3.8, 4) is 28.3 Å². The summed E-state index contributed by atoms with van der Waals surface area (Å²) in [5, 5.41) is 3.39. The van der Waals surface area contributed by atoms with Crippen LogP contribution in [-0.4, -0.2) is 69.0 Å². The minimum absolute atomic E-state index is 0.0198. The molecule has 2 aromatic heterocycles. The molecule has 1 spiro atoms. The fourth-order valence-electron chi connectivity index (χ4n) is 8.18. The lowest BCUT2D eigenvalue weighted by atomic mass is 9.77. The predicted molar refractivity (Wildman–Crippen MR) is 207 cm³/mol. The maximum atomic E-state index is 13.2. The van der Waals surface area contributed by atoms with Crippen LogP contribution in [0.5, 0.6) is 5.88 Å². The molecule has 0 saturated carbocycles. The molecule has 13 heteroatoms. The molecule has 4 heterocycles. The zero-order valence-corrected chi connectivity index (χ0v) is 32.4. The predicted octanol–water partition coefficient (Wildman–Crippen LogP) is 6.34. The molecule has 2 saturated heterocycles. The van der Waals surface area contributed by atoms with Crippen molar-refractivity contribution in [1.82, 2.24) is 23.9 Å². The number of fused-ring (bicyclic) bond motifs is 1. The van der Waals surface area contributed by atoms with Gasteiger partial charge in [-0.05, 0) is 42.4 Å². The number of likely N-dealkylation sites (tertiary alicyclic amines) is 2. The second kappa shape index (κ2) is 13.8. The number of carbonyl (C=O) groups is 2. The molecular formula is C40H44Cl2N6O5. The second-order valence-electron chi connectivity index (χ2n) is 15.9. The van der Waals surface area contributed by atoms with Crippen LogP contribution in [0, 0.1) is 10.8 Å². The number of aromatic nitrogens is 3. The fourth-order valence-corrected chi connectivity index (χ4v) is 8.78. The molecule has 0 radical (unpaired) electrons. The van der Waals surface area contributed by atoms with Crippen LogP contribution in [0.2, 0.25) is 10.0 Å². The molecule has 1 aliphatic carbocycles. The number of amides is 2. The van der Waals surface area contributed by atoms with Crippen LogP contribution in [0.25, 0.3) is 22.4 Å². The van der Waals surface area contributed by atoms with Gasteiger partial charge < -0.3 is 19.5 Å². The van der Waals surface area contributed by atoms with Crippen LogP contribution in [0.15, 0.2) is 58.3 Å². The quantitative estimate of drug-likeness (QED) is 0.234. The van der Waals surface area contributed by atoms with E-state index in [0.717, 1.165) is 55.6 Å². The van der Waals surface area contributed by atoms with Gasteiger partial charge in [-0.1, -0.05) is 74.3 Å². The number of anilines is 1. The third-order valence-electron chi connectivity index (χ3n) is 10.8. The van der Waals surface area contributed by atoms with E-state index in [-0.39, 0.29) is 39.1 Å². The van der Waals surface area contributed by atoms with Crippen molar-refractivity contribution in [3.05, 3.63) is 96.2 Å². The van der Waals surface area contributed by atoms with Gasteiger partial charge in [-0.2, -0.15) is 0 Å². The van der Waals surface area contributed by atoms with Crippen LogP contribution in [0.3, 0.4) is 0 Å². The van der Waals surface area contributed by atoms with Gasteiger partial charge in [0.15, 0.2) is 0 Å². The van der Waals surface area contributed by atoms with Crippen LogP contribution < -0.4 is 21.3 Å². The molecule has 7 rings (SSSR count). The van der Waals surface area contributed by atoms with E-state index in [1.54, 1.807) is 25.3 Å². The molecule has 3 aliphatic rings. The lowest BCUT2D eigenvalue weighted by molar-refractivity contribution is -0.133. The topological polar surface area (TPSA) is 119 Å². The smallest absolute Gasteiger partial charge is 0.330 e. The molecule has 278 valence electrons. The molecule has 1 atom stereocenters. The van der Waals surface area contributed by atoms with Crippen molar-refractivity contribution >= 4 is 40.7 Å². The summed E-state index contributed by atoms with van der Waals surface area (Å²) in [6.45, 7) is 9.91. The minimum atomic E-state index is -0.712. The Bertz CT molecular complexity index is 2270. The molecule has 2 fully saturated rings. The van der Waals surface area contributed by atoms with Crippen LogP contribution in [-0.2, 0) is 25.3 Å². The molecule has 2 aromatic carbocycles. The summed E-state index contributed by atoms with van der Waals surface area (Å²) in [5.41, 5.74) is 3.88. The molecule has 11 nitrogen and oxygen atoms in total. The SMILES string of the molecule is COc1nc(-c2cccc(-c3cccc(NC(=O)c4cn(C)c(=O)n(C)c4=O)c3Cl)c2Cl)cc2c1C(N1CC3(CCN(C(=O)CC(C)(C)C)C3)C1)CC2. The van der Waals surface area contributed by atoms with Gasteiger partial charge in [-0.15, -0.1) is 0 Å². The summed E-state index contributed by atoms with van der Waals surface area (Å²) in [7, 11) is 4.44. The van der Waals surface area contributed by atoms with Crippen molar-refractivity contribution in [2.24, 2.45) is 24.9 Å². The fraction of sp³-hybridized carbons (Fsp3) is 0.425. The molecule has 2 amide bonds. The largest absolute Gasteiger partial charge is 0.481 e. The highest BCUT2D eigenvalue weighted by molar-refractivity contribution is 6.39. The number of ether oxygens (including phenoxy) is 1. The van der Waals surface area contributed by atoms with Gasteiger partial charge in [0, 0.05) is 86.6 Å². The Morgan fingerprint density at radius 1 is 1.00 bits per heavy atom. The van der Waals surface area contributed by atoms with Crippen LogP contribution >= 0.6 is 23.2 Å². The molecule has 0 bridgehead atoms. The van der Waals surface area contributed by atoms with E-state index in [2.05, 4.69) is 42.0 Å². The Kier molecular flexibility index (Phi) is 9.57. The Hall–Kier alpha value is -4.45. The maximum Gasteiger partial charge on any atom is 0.330 e. The monoisotopic (exact) mass is 758 g/mol. The van der Waals surface area contributed by atoms with E-state index in [4.69, 9.17) is 32.9 Å². The van der Waals surface area contributed by atoms with Gasteiger partial charge >= 0.3 is 5.69 Å². The number of methoxy groups -OCH3 is 1. The number of rotatable bonds is 7. The first-order valence-corrected chi connectivity index (χ1v) is 18.6. The number of hydrogen-bond donors (Lipinski definition) is 1. The Morgan fingerprint density at radius 3 is 2.38 bits per heavy atom. The van der Waals surface area contributed by atoms with Gasteiger partial charge in [0.05, 0.1) is 28.5 Å². The van der Waals surface area contributed by atoms with Gasteiger partial charge in [-0.25, -0.2) is 9.78 Å². The number of nitrogens with zero attached hydrogens (tertiary/aromatic N) is 5. The average molecular weight is 760 g/mol. The summed E-state index contributed by atoms with van der Waals surface area (Å²) in [4.78, 5) is 60.5. The minimum Gasteiger partial charge on any atom is -0.481 e. The summed E-state index contributed by atoms with van der Waals surface area (Å²) >= 11 is 14.0. The van der Waals surface area contributed by atoms with E-state index >= 15 is 0 Å². The van der Waals surface area contributed by atoms with Crippen molar-refractivity contribution in [2.75, 3.05) is 38.6 Å². The molecule has 1 N–H and O–H groups in total. The van der Waals surface area contributed by atoms with Crippen molar-refractivity contribution < 1.29 is 14.3 Å². The maximum absolute atomic E-state index is 13.2. The van der Waals surface area contributed by atoms with Gasteiger partial charge in [0.1, 0.15) is 5.56 Å².